The van der Waals surface area contributed by atoms with Crippen LogP contribution in [0.4, 0.5) is 18.9 Å². The van der Waals surface area contributed by atoms with Crippen molar-refractivity contribution in [1.82, 2.24) is 9.80 Å². The second-order valence-corrected chi connectivity index (χ2v) is 7.32. The topological polar surface area (TPSA) is 78.7 Å². The molecule has 1 fully saturated rings. The number of para-hydroxylation sites is 1. The van der Waals surface area contributed by atoms with Crippen LogP contribution >= 0.6 is 0 Å². The van der Waals surface area contributed by atoms with Crippen LogP contribution < -0.4 is 11.1 Å². The van der Waals surface area contributed by atoms with Crippen LogP contribution in [-0.2, 0) is 15.8 Å². The second kappa shape index (κ2) is 8.26. The second-order valence-electron chi connectivity index (χ2n) is 7.32. The Balaban J connectivity index is 1.90. The van der Waals surface area contributed by atoms with E-state index in [0.717, 1.165) is 19.0 Å². The number of anilines is 1. The molecule has 27 heavy (non-hydrogen) atoms. The first-order chi connectivity index (χ1) is 12.5. The Morgan fingerprint density at radius 3 is 2.59 bits per heavy atom. The molecule has 0 radical (unpaired) electrons. The van der Waals surface area contributed by atoms with Crippen LogP contribution in [0.5, 0.6) is 0 Å². The normalized spacial score (nSPS) is 20.5. The molecular weight excluding hydrogens is 361 g/mol. The largest absolute Gasteiger partial charge is 0.418 e. The van der Waals surface area contributed by atoms with Gasteiger partial charge in [-0.15, -0.1) is 0 Å². The van der Waals surface area contributed by atoms with E-state index in [4.69, 9.17) is 5.73 Å². The van der Waals surface area contributed by atoms with Gasteiger partial charge in [-0.1, -0.05) is 19.1 Å². The van der Waals surface area contributed by atoms with E-state index in [0.29, 0.717) is 13.1 Å². The molecule has 0 bridgehead atoms. The lowest BCUT2D eigenvalue weighted by Gasteiger charge is -2.24. The lowest BCUT2D eigenvalue weighted by molar-refractivity contribution is -0.137. The maximum Gasteiger partial charge on any atom is 0.418 e. The summed E-state index contributed by atoms with van der Waals surface area (Å²) in [5.74, 6) is -0.953. The van der Waals surface area contributed by atoms with Crippen LogP contribution in [0.2, 0.25) is 0 Å². The number of nitrogens with one attached hydrogen (secondary N) is 1. The van der Waals surface area contributed by atoms with Gasteiger partial charge in [-0.25, -0.2) is 0 Å². The van der Waals surface area contributed by atoms with Crippen LogP contribution in [0, 0.1) is 5.41 Å². The zero-order valence-electron chi connectivity index (χ0n) is 15.5. The molecule has 6 nitrogen and oxygen atoms in total. The van der Waals surface area contributed by atoms with Gasteiger partial charge in [-0.3, -0.25) is 14.5 Å². The van der Waals surface area contributed by atoms with Crippen molar-refractivity contribution >= 4 is 17.5 Å². The van der Waals surface area contributed by atoms with Gasteiger partial charge in [0, 0.05) is 13.6 Å². The summed E-state index contributed by atoms with van der Waals surface area (Å²) in [6.45, 7) is 3.87. The van der Waals surface area contributed by atoms with Crippen LogP contribution in [0.3, 0.4) is 0 Å². The molecule has 9 heteroatoms. The summed E-state index contributed by atoms with van der Waals surface area (Å²) in [5.41, 5.74) is 4.48. The Kier molecular flexibility index (Phi) is 6.48. The molecule has 1 aliphatic rings. The van der Waals surface area contributed by atoms with E-state index in [1.165, 1.54) is 30.1 Å². The lowest BCUT2D eigenvalue weighted by atomic mass is 9.90. The van der Waals surface area contributed by atoms with Gasteiger partial charge in [-0.05, 0) is 37.1 Å². The third-order valence-corrected chi connectivity index (χ3v) is 4.80. The maximum absolute atomic E-state index is 13.0. The predicted molar refractivity (Wildman–Crippen MR) is 95.9 cm³/mol. The smallest absolute Gasteiger partial charge is 0.335 e. The molecule has 1 atom stereocenters. The maximum atomic E-state index is 13.0. The summed E-state index contributed by atoms with van der Waals surface area (Å²) in [6.07, 6.45) is -3.67. The third-order valence-electron chi connectivity index (χ3n) is 4.80. The number of hydrogen-bond donors (Lipinski definition) is 2. The molecule has 1 aliphatic heterocycles. The number of likely N-dealkylation sites (tertiary alicyclic amines) is 1. The SMILES string of the molecule is CN(CC(=O)Nc1ccccc1C(F)(F)F)C(=O)CN1CCC(C)(CN)C1. The quantitative estimate of drug-likeness (QED) is 0.781. The minimum Gasteiger partial charge on any atom is -0.335 e. The number of carbonyl (C=O) groups excluding carboxylic acids is 2. The van der Waals surface area contributed by atoms with Crippen molar-refractivity contribution < 1.29 is 22.8 Å². The van der Waals surface area contributed by atoms with Gasteiger partial charge in [0.05, 0.1) is 24.3 Å². The Morgan fingerprint density at radius 1 is 1.33 bits per heavy atom. The number of benzene rings is 1. The number of halogens is 3. The molecule has 1 aromatic carbocycles. The number of nitrogens with two attached hydrogens (primary N) is 1. The van der Waals surface area contributed by atoms with Gasteiger partial charge in [0.1, 0.15) is 0 Å². The number of hydrogen-bond acceptors (Lipinski definition) is 4. The number of rotatable bonds is 6. The number of likely N-dealkylation sites (N-methyl/N-ethyl adjacent to an activating group) is 1. The molecule has 0 aromatic heterocycles. The van der Waals surface area contributed by atoms with Gasteiger partial charge in [0.25, 0.3) is 0 Å². The Labute approximate surface area is 156 Å². The molecule has 1 saturated heterocycles. The summed E-state index contributed by atoms with van der Waals surface area (Å²) >= 11 is 0. The van der Waals surface area contributed by atoms with E-state index in [1.807, 2.05) is 4.90 Å². The molecular formula is C18H25F3N4O2. The zero-order chi connectivity index (χ0) is 20.2. The van der Waals surface area contributed by atoms with Gasteiger partial charge >= 0.3 is 6.18 Å². The van der Waals surface area contributed by atoms with Crippen molar-refractivity contribution in [2.45, 2.75) is 19.5 Å². The van der Waals surface area contributed by atoms with E-state index in [2.05, 4.69) is 12.2 Å². The fraction of sp³-hybridized carbons (Fsp3) is 0.556. The molecule has 3 N–H and O–H groups in total. The molecule has 0 saturated carbocycles. The van der Waals surface area contributed by atoms with E-state index in [1.54, 1.807) is 0 Å². The van der Waals surface area contributed by atoms with Crippen molar-refractivity contribution in [3.8, 4) is 0 Å². The highest BCUT2D eigenvalue weighted by atomic mass is 19.4. The Bertz CT molecular complexity index is 695. The van der Waals surface area contributed by atoms with Crippen molar-refractivity contribution in [3.63, 3.8) is 0 Å². The minimum absolute atomic E-state index is 0.0163. The lowest BCUT2D eigenvalue weighted by Crippen LogP contribution is -2.42. The van der Waals surface area contributed by atoms with Gasteiger partial charge in [0.15, 0.2) is 0 Å². The fourth-order valence-electron chi connectivity index (χ4n) is 3.07. The first-order valence-electron chi connectivity index (χ1n) is 8.66. The Morgan fingerprint density at radius 2 is 2.00 bits per heavy atom. The highest BCUT2D eigenvalue weighted by molar-refractivity contribution is 5.95. The van der Waals surface area contributed by atoms with Crippen molar-refractivity contribution in [1.29, 1.82) is 0 Å². The third kappa shape index (κ3) is 5.67. The molecule has 1 aromatic rings. The van der Waals surface area contributed by atoms with Crippen molar-refractivity contribution in [3.05, 3.63) is 29.8 Å². The summed E-state index contributed by atoms with van der Waals surface area (Å²) in [6, 6.07) is 4.73. The van der Waals surface area contributed by atoms with E-state index in [-0.39, 0.29) is 30.1 Å². The average molecular weight is 386 g/mol. The zero-order valence-corrected chi connectivity index (χ0v) is 15.5. The number of carbonyl (C=O) groups is 2. The molecule has 1 unspecified atom stereocenters. The van der Waals surface area contributed by atoms with Gasteiger partial charge in [0.2, 0.25) is 11.8 Å². The molecule has 2 amide bonds. The van der Waals surface area contributed by atoms with Crippen LogP contribution in [0.15, 0.2) is 24.3 Å². The van der Waals surface area contributed by atoms with Crippen molar-refractivity contribution in [2.24, 2.45) is 11.1 Å². The molecule has 1 heterocycles. The van der Waals surface area contributed by atoms with Gasteiger partial charge < -0.3 is 16.0 Å². The summed E-state index contributed by atoms with van der Waals surface area (Å²) in [7, 11) is 1.45. The summed E-state index contributed by atoms with van der Waals surface area (Å²) in [4.78, 5) is 27.6. The molecule has 2 rings (SSSR count). The number of nitrogens with zero attached hydrogens (tertiary/aromatic N) is 2. The number of alkyl halides is 3. The Hall–Kier alpha value is -2.13. The predicted octanol–water partition coefficient (Wildman–Crippen LogP) is 1.77. The highest BCUT2D eigenvalue weighted by Gasteiger charge is 2.35. The fourth-order valence-corrected chi connectivity index (χ4v) is 3.07. The van der Waals surface area contributed by atoms with E-state index >= 15 is 0 Å². The van der Waals surface area contributed by atoms with Crippen LogP contribution in [0.25, 0.3) is 0 Å². The summed E-state index contributed by atoms with van der Waals surface area (Å²) < 4.78 is 38.9. The van der Waals surface area contributed by atoms with Crippen molar-refractivity contribution in [2.75, 3.05) is 45.1 Å². The van der Waals surface area contributed by atoms with E-state index in [9.17, 15) is 22.8 Å². The minimum atomic E-state index is -4.57. The monoisotopic (exact) mass is 386 g/mol. The number of amides is 2. The molecule has 0 aliphatic carbocycles. The van der Waals surface area contributed by atoms with Crippen LogP contribution in [-0.4, -0.2) is 61.4 Å². The highest BCUT2D eigenvalue weighted by Crippen LogP contribution is 2.34. The first-order valence-corrected chi connectivity index (χ1v) is 8.66. The summed E-state index contributed by atoms with van der Waals surface area (Å²) in [5, 5.41) is 2.24. The molecule has 150 valence electrons. The average Bonchev–Trinajstić information content (AvgIpc) is 2.95. The van der Waals surface area contributed by atoms with E-state index < -0.39 is 17.6 Å². The van der Waals surface area contributed by atoms with Gasteiger partial charge in [-0.2, -0.15) is 13.2 Å². The van der Waals surface area contributed by atoms with Crippen LogP contribution in [0.1, 0.15) is 18.9 Å². The standard InChI is InChI=1S/C18H25F3N4O2/c1-17(11-22)7-8-25(12-17)10-16(27)24(2)9-15(26)23-14-6-4-3-5-13(14)18(19,20)21/h3-6H,7-12,22H2,1-2H3,(H,23,26). The first kappa shape index (κ1) is 21.2. The molecule has 0 spiro atoms.